The summed E-state index contributed by atoms with van der Waals surface area (Å²) in [6.45, 7) is 27.3. The number of hydrogen-bond donors (Lipinski definition) is 6. The third-order valence-electron chi connectivity index (χ3n) is 14.1. The maximum Gasteiger partial charge on any atom is 0.195 e. The lowest BCUT2D eigenvalue weighted by Crippen LogP contribution is -2.71. The van der Waals surface area contributed by atoms with E-state index < -0.39 is 46.4 Å². The first-order valence-electron chi connectivity index (χ1n) is 18.3. The van der Waals surface area contributed by atoms with Gasteiger partial charge in [-0.05, 0) is 84.9 Å². The summed E-state index contributed by atoms with van der Waals surface area (Å²) in [5, 5.41) is 64.5. The van der Waals surface area contributed by atoms with Crippen LogP contribution in [-0.2, 0) is 9.59 Å². The fraction of sp³-hybridized carbons (Fsp3) is 0.850. The van der Waals surface area contributed by atoms with Gasteiger partial charge in [0, 0.05) is 35.5 Å². The molecule has 0 aromatic rings. The van der Waals surface area contributed by atoms with Crippen LogP contribution in [-0.4, -0.2) is 71.5 Å². The molecule has 9 heteroatoms. The normalized spacial score (nSPS) is 41.1. The van der Waals surface area contributed by atoms with E-state index in [9.17, 15) is 40.2 Å². The van der Waals surface area contributed by atoms with Crippen LogP contribution in [0.4, 0.5) is 0 Å². The zero-order chi connectivity index (χ0) is 37.0. The van der Waals surface area contributed by atoms with Gasteiger partial charge in [0.15, 0.2) is 11.6 Å². The molecule has 4 aliphatic rings. The van der Waals surface area contributed by atoms with Crippen molar-refractivity contribution < 1.29 is 45.7 Å². The van der Waals surface area contributed by atoms with E-state index in [1.807, 2.05) is 27.7 Å². The first-order chi connectivity index (χ1) is 21.8. The topological polar surface area (TPSA) is 187 Å². The summed E-state index contributed by atoms with van der Waals surface area (Å²) in [7, 11) is 0. The van der Waals surface area contributed by atoms with Gasteiger partial charge in [0.1, 0.15) is 23.8 Å². The van der Waals surface area contributed by atoms with Crippen LogP contribution in [0.5, 0.6) is 0 Å². The molecule has 4 rings (SSSR count). The Balaban J connectivity index is 0.000000333. The number of hydrogen-bond acceptors (Lipinski definition) is 8. The molecule has 9 nitrogen and oxygen atoms in total. The van der Waals surface area contributed by atoms with Crippen molar-refractivity contribution in [2.45, 2.75) is 144 Å². The van der Waals surface area contributed by atoms with E-state index in [1.54, 1.807) is 26.0 Å². The Morgan fingerprint density at radius 1 is 0.653 bits per heavy atom. The Bertz CT molecular complexity index is 1110. The van der Waals surface area contributed by atoms with Gasteiger partial charge >= 0.3 is 0 Å². The number of Topliss-reactive ketones (excluding diaryl/α,β-unsaturated/α-hetero) is 2. The van der Waals surface area contributed by atoms with Crippen molar-refractivity contribution in [3.05, 3.63) is 25.3 Å². The molecular formula is C40H70O9. The standard InChI is InChI=1S/2C20H34O4.H2O/c2*1-7-12(2)10-14(21)17-13(3)8-9-15-18(4,5)11-16(22)20(23,24)19(15,17)6;/h2*7,12-13,15-17,22-24H,1,8-11H2,2-6H3;1H2/t2*12-,13+,15+,16?,17-,19+;/m11./s1. The van der Waals surface area contributed by atoms with Gasteiger partial charge in [0.2, 0.25) is 0 Å². The van der Waals surface area contributed by atoms with Crippen LogP contribution in [0.3, 0.4) is 0 Å². The van der Waals surface area contributed by atoms with Crippen LogP contribution in [0.15, 0.2) is 25.3 Å². The monoisotopic (exact) mass is 695 g/mol. The molecule has 0 radical (unpaired) electrons. The SMILES string of the molecule is C=C[C@@H](C)CC(=O)[C@H]1[C@@H](C)CC[C@H]2C(C)(C)CC(O)C(O)(O)[C@]12C.C=C[C@@H](C)CC(=O)[C@H]1[C@@H](C)CC[C@H]2C(C)(C)CC(O)C(O)(O)[C@]12C.O. The summed E-state index contributed by atoms with van der Waals surface area (Å²) in [6.07, 6.45) is 5.90. The highest BCUT2D eigenvalue weighted by molar-refractivity contribution is 5.83. The van der Waals surface area contributed by atoms with Gasteiger partial charge in [-0.2, -0.15) is 0 Å². The predicted molar refractivity (Wildman–Crippen MR) is 192 cm³/mol. The predicted octanol–water partition coefficient (Wildman–Crippen LogP) is 4.99. The highest BCUT2D eigenvalue weighted by atomic mass is 16.5. The van der Waals surface area contributed by atoms with E-state index in [-0.39, 0.29) is 63.4 Å². The molecule has 0 amide bonds. The molecule has 0 spiro atoms. The van der Waals surface area contributed by atoms with Crippen LogP contribution in [0.2, 0.25) is 0 Å². The Kier molecular flexibility index (Phi) is 13.3. The zero-order valence-corrected chi connectivity index (χ0v) is 32.0. The van der Waals surface area contributed by atoms with Crippen LogP contribution in [0.25, 0.3) is 0 Å². The van der Waals surface area contributed by atoms with Gasteiger partial charge in [-0.25, -0.2) is 0 Å². The van der Waals surface area contributed by atoms with Crippen LogP contribution < -0.4 is 0 Å². The maximum atomic E-state index is 13.1. The Hall–Kier alpha value is -1.46. The molecule has 4 saturated carbocycles. The molecule has 49 heavy (non-hydrogen) atoms. The van der Waals surface area contributed by atoms with Crippen molar-refractivity contribution >= 4 is 11.6 Å². The third-order valence-corrected chi connectivity index (χ3v) is 14.1. The first-order valence-corrected chi connectivity index (χ1v) is 18.3. The van der Waals surface area contributed by atoms with Crippen LogP contribution in [0.1, 0.15) is 121 Å². The van der Waals surface area contributed by atoms with E-state index in [2.05, 4.69) is 40.9 Å². The van der Waals surface area contributed by atoms with Crippen LogP contribution in [0, 0.1) is 69.0 Å². The molecule has 0 aliphatic heterocycles. The van der Waals surface area contributed by atoms with E-state index in [4.69, 9.17) is 0 Å². The van der Waals surface area contributed by atoms with Crippen molar-refractivity contribution in [3.63, 3.8) is 0 Å². The molecule has 0 bridgehead atoms. The Labute approximate surface area is 295 Å². The van der Waals surface area contributed by atoms with E-state index in [0.717, 1.165) is 25.7 Å². The zero-order valence-electron chi connectivity index (χ0n) is 32.0. The molecular weight excluding hydrogens is 624 g/mol. The second-order valence-electron chi connectivity index (χ2n) is 18.4. The summed E-state index contributed by atoms with van der Waals surface area (Å²) in [5.41, 5.74) is -2.59. The molecule has 4 fully saturated rings. The fourth-order valence-electron chi connectivity index (χ4n) is 11.4. The number of ketones is 2. The van der Waals surface area contributed by atoms with Crippen LogP contribution >= 0.6 is 0 Å². The Morgan fingerprint density at radius 2 is 0.939 bits per heavy atom. The van der Waals surface area contributed by atoms with Crippen molar-refractivity contribution in [2.75, 3.05) is 0 Å². The molecule has 0 aromatic heterocycles. The number of fused-ring (bicyclic) bond motifs is 2. The summed E-state index contributed by atoms with van der Waals surface area (Å²) >= 11 is 0. The summed E-state index contributed by atoms with van der Waals surface area (Å²) < 4.78 is 0. The summed E-state index contributed by atoms with van der Waals surface area (Å²) in [4.78, 5) is 26.2. The molecule has 2 unspecified atom stereocenters. The van der Waals surface area contributed by atoms with Crippen molar-refractivity contribution in [2.24, 2.45) is 69.0 Å². The third kappa shape index (κ3) is 7.29. The van der Waals surface area contributed by atoms with Crippen molar-refractivity contribution in [3.8, 4) is 0 Å². The number of carbonyl (C=O) groups excluding carboxylic acids is 2. The fourth-order valence-corrected chi connectivity index (χ4v) is 11.4. The van der Waals surface area contributed by atoms with E-state index >= 15 is 0 Å². The number of aliphatic hydroxyl groups excluding tert-OH is 2. The Morgan fingerprint density at radius 3 is 1.20 bits per heavy atom. The first kappa shape index (κ1) is 43.7. The highest BCUT2D eigenvalue weighted by Crippen LogP contribution is 2.65. The number of aliphatic hydroxyl groups is 6. The minimum absolute atomic E-state index is 0. The second-order valence-corrected chi connectivity index (χ2v) is 18.4. The van der Waals surface area contributed by atoms with Gasteiger partial charge < -0.3 is 36.1 Å². The molecule has 0 heterocycles. The molecule has 12 atom stereocenters. The molecule has 8 N–H and O–H groups in total. The summed E-state index contributed by atoms with van der Waals surface area (Å²) in [5.74, 6) is -5.13. The van der Waals surface area contributed by atoms with Gasteiger partial charge in [-0.15, -0.1) is 13.2 Å². The largest absolute Gasteiger partial charge is 0.412 e. The van der Waals surface area contributed by atoms with Gasteiger partial charge in [0.05, 0.1) is 0 Å². The lowest BCUT2D eigenvalue weighted by Gasteiger charge is -2.64. The van der Waals surface area contributed by atoms with Crippen molar-refractivity contribution in [1.82, 2.24) is 0 Å². The summed E-state index contributed by atoms with van der Waals surface area (Å²) in [6, 6.07) is 0. The number of allylic oxidation sites excluding steroid dienone is 2. The smallest absolute Gasteiger partial charge is 0.195 e. The quantitative estimate of drug-likeness (QED) is 0.151. The average molecular weight is 695 g/mol. The van der Waals surface area contributed by atoms with Gasteiger partial charge in [-0.3, -0.25) is 9.59 Å². The van der Waals surface area contributed by atoms with Crippen molar-refractivity contribution in [1.29, 1.82) is 0 Å². The number of carbonyl (C=O) groups is 2. The minimum Gasteiger partial charge on any atom is -0.412 e. The molecule has 4 aliphatic carbocycles. The minimum atomic E-state index is -2.25. The molecule has 284 valence electrons. The van der Waals surface area contributed by atoms with Gasteiger partial charge in [-0.1, -0.05) is 81.4 Å². The molecule has 0 saturated heterocycles. The highest BCUT2D eigenvalue weighted by Gasteiger charge is 2.70. The molecule has 0 aromatic carbocycles. The van der Waals surface area contributed by atoms with E-state index in [1.165, 1.54) is 0 Å². The number of rotatable bonds is 8. The lowest BCUT2D eigenvalue weighted by atomic mass is 9.43. The lowest BCUT2D eigenvalue weighted by molar-refractivity contribution is -0.356. The van der Waals surface area contributed by atoms with Gasteiger partial charge in [0.25, 0.3) is 0 Å². The van der Waals surface area contributed by atoms with E-state index in [0.29, 0.717) is 25.7 Å². The average Bonchev–Trinajstić information content (AvgIpc) is 2.95. The maximum absolute atomic E-state index is 13.1. The second kappa shape index (κ2) is 14.9.